The van der Waals surface area contributed by atoms with E-state index in [1.165, 1.54) is 47.9 Å². The Morgan fingerprint density at radius 1 is 1.00 bits per heavy atom. The number of thiophene rings is 1. The predicted octanol–water partition coefficient (Wildman–Crippen LogP) is 6.01. The first-order chi connectivity index (χ1) is 12.1. The van der Waals surface area contributed by atoms with Crippen LogP contribution in [0.5, 0.6) is 0 Å². The lowest BCUT2D eigenvalue weighted by Crippen LogP contribution is -2.25. The zero-order valence-corrected chi connectivity index (χ0v) is 16.3. The summed E-state index contributed by atoms with van der Waals surface area (Å²) in [5, 5.41) is 3.70. The molecule has 5 heteroatoms. The van der Waals surface area contributed by atoms with Crippen LogP contribution < -0.4 is 4.90 Å². The summed E-state index contributed by atoms with van der Waals surface area (Å²) < 4.78 is 0. The molecule has 1 fully saturated rings. The smallest absolute Gasteiger partial charge is 0.225 e. The topological polar surface area (TPSA) is 29.0 Å². The molecule has 0 atom stereocenters. The lowest BCUT2D eigenvalue weighted by molar-refractivity contribution is 0.726. The van der Waals surface area contributed by atoms with E-state index in [2.05, 4.69) is 52.3 Å². The molecule has 0 saturated carbocycles. The van der Waals surface area contributed by atoms with Gasteiger partial charge in [-0.05, 0) is 55.0 Å². The van der Waals surface area contributed by atoms with Gasteiger partial charge in [0.25, 0.3) is 0 Å². The molecule has 2 aromatic heterocycles. The van der Waals surface area contributed by atoms with Gasteiger partial charge in [0.15, 0.2) is 0 Å². The van der Waals surface area contributed by atoms with Crippen LogP contribution in [0.1, 0.15) is 36.8 Å². The van der Waals surface area contributed by atoms with Gasteiger partial charge < -0.3 is 4.90 Å². The van der Waals surface area contributed by atoms with E-state index in [1.54, 1.807) is 11.3 Å². The fourth-order valence-electron chi connectivity index (χ4n) is 3.53. The maximum Gasteiger partial charge on any atom is 0.225 e. The summed E-state index contributed by atoms with van der Waals surface area (Å²) in [6, 6.07) is 6.65. The molecule has 130 valence electrons. The molecule has 3 aromatic rings. The molecule has 0 radical (unpaired) electrons. The summed E-state index contributed by atoms with van der Waals surface area (Å²) in [4.78, 5) is 12.5. The van der Waals surface area contributed by atoms with Gasteiger partial charge in [0.2, 0.25) is 5.28 Å². The van der Waals surface area contributed by atoms with Gasteiger partial charge in [0.05, 0.1) is 5.39 Å². The molecule has 1 aromatic carbocycles. The van der Waals surface area contributed by atoms with Crippen molar-refractivity contribution in [1.29, 1.82) is 0 Å². The van der Waals surface area contributed by atoms with Crippen LogP contribution in [-0.4, -0.2) is 23.1 Å². The normalized spacial score (nSPS) is 15.6. The first kappa shape index (κ1) is 16.8. The van der Waals surface area contributed by atoms with Crippen molar-refractivity contribution in [2.75, 3.05) is 18.0 Å². The summed E-state index contributed by atoms with van der Waals surface area (Å²) in [5.74, 6) is 1.01. The van der Waals surface area contributed by atoms with Crippen molar-refractivity contribution in [2.45, 2.75) is 39.5 Å². The van der Waals surface area contributed by atoms with Gasteiger partial charge in [0, 0.05) is 24.0 Å². The molecule has 4 rings (SSSR count). The number of hydrogen-bond donors (Lipinski definition) is 0. The van der Waals surface area contributed by atoms with Crippen molar-refractivity contribution in [3.63, 3.8) is 0 Å². The number of rotatable bonds is 2. The second-order valence-corrected chi connectivity index (χ2v) is 8.04. The number of halogens is 1. The number of aromatic nitrogens is 2. The van der Waals surface area contributed by atoms with Crippen molar-refractivity contribution in [1.82, 2.24) is 9.97 Å². The van der Waals surface area contributed by atoms with Gasteiger partial charge in [-0.3, -0.25) is 0 Å². The first-order valence-electron chi connectivity index (χ1n) is 8.91. The third-order valence-corrected chi connectivity index (χ3v) is 6.15. The van der Waals surface area contributed by atoms with E-state index in [1.807, 2.05) is 0 Å². The molecular formula is C20H22ClN3S. The van der Waals surface area contributed by atoms with Crippen LogP contribution in [0.15, 0.2) is 23.6 Å². The molecule has 0 aliphatic carbocycles. The van der Waals surface area contributed by atoms with Crippen molar-refractivity contribution in [3.05, 3.63) is 40.0 Å². The standard InChI is InChI=1S/C20H22ClN3S/c1-13-7-8-15(11-14(13)2)16-12-25-19-17(16)18(22-20(21)23-19)24-9-5-3-4-6-10-24/h7-8,11-12H,3-6,9-10H2,1-2H3. The zero-order valence-electron chi connectivity index (χ0n) is 14.7. The second-order valence-electron chi connectivity index (χ2n) is 6.85. The second kappa shape index (κ2) is 6.93. The summed E-state index contributed by atoms with van der Waals surface area (Å²) in [6.45, 7) is 6.40. The minimum atomic E-state index is 0.347. The van der Waals surface area contributed by atoms with Gasteiger partial charge in [-0.25, -0.2) is 4.98 Å². The molecule has 0 unspecified atom stereocenters. The number of fused-ring (bicyclic) bond motifs is 1. The van der Waals surface area contributed by atoms with E-state index in [0.29, 0.717) is 5.28 Å². The highest BCUT2D eigenvalue weighted by Crippen LogP contribution is 2.39. The van der Waals surface area contributed by atoms with Crippen LogP contribution in [-0.2, 0) is 0 Å². The van der Waals surface area contributed by atoms with Crippen LogP contribution in [0.2, 0.25) is 5.28 Å². The van der Waals surface area contributed by atoms with Crippen LogP contribution in [0.25, 0.3) is 21.3 Å². The van der Waals surface area contributed by atoms with Crippen LogP contribution in [0.4, 0.5) is 5.82 Å². The number of nitrogens with zero attached hydrogens (tertiary/aromatic N) is 3. The third kappa shape index (κ3) is 3.25. The Morgan fingerprint density at radius 2 is 1.76 bits per heavy atom. The average Bonchev–Trinajstić information content (AvgIpc) is 2.83. The Hall–Kier alpha value is -1.65. The monoisotopic (exact) mass is 371 g/mol. The maximum atomic E-state index is 6.24. The van der Waals surface area contributed by atoms with E-state index in [-0.39, 0.29) is 0 Å². The zero-order chi connectivity index (χ0) is 17.4. The highest BCUT2D eigenvalue weighted by Gasteiger charge is 2.20. The van der Waals surface area contributed by atoms with Gasteiger partial charge in [-0.1, -0.05) is 31.0 Å². The first-order valence-corrected chi connectivity index (χ1v) is 10.2. The highest BCUT2D eigenvalue weighted by atomic mass is 35.5. The lowest BCUT2D eigenvalue weighted by atomic mass is 10.0. The molecule has 25 heavy (non-hydrogen) atoms. The average molecular weight is 372 g/mol. The van der Waals surface area contributed by atoms with Gasteiger partial charge in [-0.2, -0.15) is 4.98 Å². The Kier molecular flexibility index (Phi) is 4.65. The minimum Gasteiger partial charge on any atom is -0.356 e. The molecule has 3 nitrogen and oxygen atoms in total. The molecule has 0 bridgehead atoms. The van der Waals surface area contributed by atoms with E-state index >= 15 is 0 Å². The third-order valence-electron chi connectivity index (χ3n) is 5.11. The quantitative estimate of drug-likeness (QED) is 0.516. The Balaban J connectivity index is 1.89. The molecule has 1 aliphatic rings. The summed E-state index contributed by atoms with van der Waals surface area (Å²) in [5.41, 5.74) is 5.08. The molecule has 1 aliphatic heterocycles. The summed E-state index contributed by atoms with van der Waals surface area (Å²) in [6.07, 6.45) is 5.02. The van der Waals surface area contributed by atoms with E-state index in [4.69, 9.17) is 11.6 Å². The number of anilines is 1. The van der Waals surface area contributed by atoms with Crippen molar-refractivity contribution >= 4 is 39.0 Å². The van der Waals surface area contributed by atoms with Crippen LogP contribution in [0, 0.1) is 13.8 Å². The van der Waals surface area contributed by atoms with Crippen molar-refractivity contribution in [3.8, 4) is 11.1 Å². The van der Waals surface area contributed by atoms with E-state index < -0.39 is 0 Å². The summed E-state index contributed by atoms with van der Waals surface area (Å²) in [7, 11) is 0. The summed E-state index contributed by atoms with van der Waals surface area (Å²) >= 11 is 7.90. The van der Waals surface area contributed by atoms with Crippen LogP contribution in [0.3, 0.4) is 0 Å². The predicted molar refractivity (Wildman–Crippen MR) is 108 cm³/mol. The Morgan fingerprint density at radius 3 is 2.48 bits per heavy atom. The van der Waals surface area contributed by atoms with Crippen molar-refractivity contribution in [2.24, 2.45) is 0 Å². The number of benzene rings is 1. The minimum absolute atomic E-state index is 0.347. The van der Waals surface area contributed by atoms with E-state index in [0.717, 1.165) is 29.1 Å². The number of hydrogen-bond acceptors (Lipinski definition) is 4. The molecular weight excluding hydrogens is 350 g/mol. The maximum absolute atomic E-state index is 6.24. The van der Waals surface area contributed by atoms with Gasteiger partial charge >= 0.3 is 0 Å². The molecule has 0 spiro atoms. The highest BCUT2D eigenvalue weighted by molar-refractivity contribution is 7.17. The fraction of sp³-hybridized carbons (Fsp3) is 0.400. The van der Waals surface area contributed by atoms with Crippen molar-refractivity contribution < 1.29 is 0 Å². The lowest BCUT2D eigenvalue weighted by Gasteiger charge is -2.22. The van der Waals surface area contributed by atoms with Gasteiger partial charge in [0.1, 0.15) is 10.6 Å². The number of aryl methyl sites for hydroxylation is 2. The Labute approximate surface area is 157 Å². The fourth-order valence-corrected chi connectivity index (χ4v) is 4.69. The van der Waals surface area contributed by atoms with Gasteiger partial charge in [-0.15, -0.1) is 11.3 Å². The Bertz CT molecular complexity index is 911. The molecule has 0 amide bonds. The largest absolute Gasteiger partial charge is 0.356 e. The molecule has 0 N–H and O–H groups in total. The molecule has 3 heterocycles. The van der Waals surface area contributed by atoms with Crippen LogP contribution >= 0.6 is 22.9 Å². The molecule has 1 saturated heterocycles. The van der Waals surface area contributed by atoms with E-state index in [9.17, 15) is 0 Å². The SMILES string of the molecule is Cc1ccc(-c2csc3nc(Cl)nc(N4CCCCCC4)c23)cc1C.